The second-order valence-electron chi connectivity index (χ2n) is 6.96. The number of rotatable bonds is 7. The first kappa shape index (κ1) is 21.1. The van der Waals surface area contributed by atoms with Gasteiger partial charge in [-0.05, 0) is 38.4 Å². The standard InChI is InChI=1S/C19H25F3N6O/c1-27(2)8-7-23-18-25-16(19(20,21)22)13-17(26-18)24-14-3-5-15(6-4-14)28-9-11-29-12-10-28/h3-6,13H,7-12H2,1-2H3,(H2,23,24,25,26). The Morgan fingerprint density at radius 3 is 2.41 bits per heavy atom. The summed E-state index contributed by atoms with van der Waals surface area (Å²) in [4.78, 5) is 11.9. The molecule has 0 bridgehead atoms. The van der Waals surface area contributed by atoms with Crippen molar-refractivity contribution in [2.24, 2.45) is 0 Å². The van der Waals surface area contributed by atoms with Crippen LogP contribution >= 0.6 is 0 Å². The van der Waals surface area contributed by atoms with E-state index >= 15 is 0 Å². The molecule has 1 aliphatic rings. The minimum atomic E-state index is -4.56. The van der Waals surface area contributed by atoms with Gasteiger partial charge < -0.3 is 25.2 Å². The fourth-order valence-corrected chi connectivity index (χ4v) is 2.85. The maximum absolute atomic E-state index is 13.2. The Hall–Kier alpha value is -2.59. The van der Waals surface area contributed by atoms with E-state index in [1.807, 2.05) is 43.3 Å². The molecule has 10 heteroatoms. The lowest BCUT2D eigenvalue weighted by atomic mass is 10.2. The lowest BCUT2D eigenvalue weighted by Crippen LogP contribution is -2.36. The first-order chi connectivity index (χ1) is 13.8. The van der Waals surface area contributed by atoms with Gasteiger partial charge in [-0.15, -0.1) is 0 Å². The number of nitrogens with zero attached hydrogens (tertiary/aromatic N) is 4. The number of morpholine rings is 1. The van der Waals surface area contributed by atoms with Crippen LogP contribution < -0.4 is 15.5 Å². The van der Waals surface area contributed by atoms with Crippen molar-refractivity contribution in [2.75, 3.05) is 69.0 Å². The molecule has 2 aromatic rings. The van der Waals surface area contributed by atoms with Gasteiger partial charge in [-0.3, -0.25) is 0 Å². The van der Waals surface area contributed by atoms with Crippen molar-refractivity contribution in [2.45, 2.75) is 6.18 Å². The van der Waals surface area contributed by atoms with Crippen LogP contribution in [0.2, 0.25) is 0 Å². The third-order valence-electron chi connectivity index (χ3n) is 4.37. The van der Waals surface area contributed by atoms with E-state index in [0.717, 1.165) is 24.8 Å². The number of hydrogen-bond donors (Lipinski definition) is 2. The number of halogens is 3. The molecule has 0 aliphatic carbocycles. The molecule has 158 valence electrons. The number of benzene rings is 1. The van der Waals surface area contributed by atoms with Gasteiger partial charge in [-0.1, -0.05) is 0 Å². The smallest absolute Gasteiger partial charge is 0.378 e. The number of ether oxygens (including phenoxy) is 1. The van der Waals surface area contributed by atoms with Crippen LogP contribution in [0.3, 0.4) is 0 Å². The lowest BCUT2D eigenvalue weighted by molar-refractivity contribution is -0.141. The molecule has 1 aromatic carbocycles. The van der Waals surface area contributed by atoms with Crippen LogP contribution in [0.5, 0.6) is 0 Å². The van der Waals surface area contributed by atoms with Crippen molar-refractivity contribution in [3.8, 4) is 0 Å². The Bertz CT molecular complexity index is 792. The molecular formula is C19H25F3N6O. The van der Waals surface area contributed by atoms with E-state index < -0.39 is 11.9 Å². The molecule has 1 saturated heterocycles. The van der Waals surface area contributed by atoms with Gasteiger partial charge >= 0.3 is 6.18 Å². The van der Waals surface area contributed by atoms with E-state index in [4.69, 9.17) is 4.74 Å². The average molecular weight is 410 g/mol. The Balaban J connectivity index is 1.74. The highest BCUT2D eigenvalue weighted by molar-refractivity contribution is 5.62. The molecule has 2 heterocycles. The zero-order valence-corrected chi connectivity index (χ0v) is 16.5. The second-order valence-corrected chi connectivity index (χ2v) is 6.96. The Labute approximate surface area is 167 Å². The van der Waals surface area contributed by atoms with Crippen LogP contribution in [0.4, 0.5) is 36.3 Å². The molecule has 2 N–H and O–H groups in total. The van der Waals surface area contributed by atoms with Crippen molar-refractivity contribution < 1.29 is 17.9 Å². The molecule has 0 unspecified atom stereocenters. The topological polar surface area (TPSA) is 65.5 Å². The van der Waals surface area contributed by atoms with Gasteiger partial charge in [-0.2, -0.15) is 18.2 Å². The fraction of sp³-hybridized carbons (Fsp3) is 0.474. The minimum absolute atomic E-state index is 0.0610. The fourth-order valence-electron chi connectivity index (χ4n) is 2.85. The maximum atomic E-state index is 13.2. The summed E-state index contributed by atoms with van der Waals surface area (Å²) in [6.45, 7) is 4.08. The molecule has 7 nitrogen and oxygen atoms in total. The van der Waals surface area contributed by atoms with Crippen LogP contribution in [0.1, 0.15) is 5.69 Å². The molecule has 0 atom stereocenters. The van der Waals surface area contributed by atoms with Gasteiger partial charge in [0.25, 0.3) is 0 Å². The van der Waals surface area contributed by atoms with Crippen molar-refractivity contribution in [1.29, 1.82) is 0 Å². The molecule has 3 rings (SSSR count). The van der Waals surface area contributed by atoms with E-state index in [0.29, 0.717) is 32.0 Å². The normalized spacial score (nSPS) is 14.9. The molecule has 0 amide bonds. The molecule has 1 aliphatic heterocycles. The molecule has 0 spiro atoms. The average Bonchev–Trinajstić information content (AvgIpc) is 2.68. The molecular weight excluding hydrogens is 385 g/mol. The summed E-state index contributed by atoms with van der Waals surface area (Å²) in [5.41, 5.74) is 0.698. The number of nitrogens with one attached hydrogen (secondary N) is 2. The largest absolute Gasteiger partial charge is 0.433 e. The van der Waals surface area contributed by atoms with Crippen LogP contribution in [0.25, 0.3) is 0 Å². The van der Waals surface area contributed by atoms with Gasteiger partial charge in [-0.25, -0.2) is 4.98 Å². The summed E-state index contributed by atoms with van der Waals surface area (Å²) in [6, 6.07) is 8.40. The van der Waals surface area contributed by atoms with Gasteiger partial charge in [0.1, 0.15) is 5.82 Å². The molecule has 1 fully saturated rings. The monoisotopic (exact) mass is 410 g/mol. The van der Waals surface area contributed by atoms with E-state index in [2.05, 4.69) is 25.5 Å². The van der Waals surface area contributed by atoms with E-state index in [9.17, 15) is 13.2 Å². The third-order valence-corrected chi connectivity index (χ3v) is 4.37. The van der Waals surface area contributed by atoms with E-state index in [-0.39, 0.29) is 11.8 Å². The predicted octanol–water partition coefficient (Wildman–Crippen LogP) is 3.05. The second kappa shape index (κ2) is 9.27. The molecule has 29 heavy (non-hydrogen) atoms. The van der Waals surface area contributed by atoms with Crippen molar-refractivity contribution in [1.82, 2.24) is 14.9 Å². The van der Waals surface area contributed by atoms with Crippen LogP contribution in [-0.4, -0.2) is 68.4 Å². The van der Waals surface area contributed by atoms with E-state index in [1.54, 1.807) is 0 Å². The highest BCUT2D eigenvalue weighted by atomic mass is 19.4. The highest BCUT2D eigenvalue weighted by Gasteiger charge is 2.33. The van der Waals surface area contributed by atoms with Crippen LogP contribution in [0, 0.1) is 0 Å². The zero-order valence-electron chi connectivity index (χ0n) is 16.5. The van der Waals surface area contributed by atoms with Crippen molar-refractivity contribution >= 4 is 23.1 Å². The van der Waals surface area contributed by atoms with Gasteiger partial charge in [0.2, 0.25) is 5.95 Å². The summed E-state index contributed by atoms with van der Waals surface area (Å²) in [5, 5.41) is 5.79. The summed E-state index contributed by atoms with van der Waals surface area (Å²) >= 11 is 0. The molecule has 1 aromatic heterocycles. The van der Waals surface area contributed by atoms with Gasteiger partial charge in [0.05, 0.1) is 13.2 Å². The highest BCUT2D eigenvalue weighted by Crippen LogP contribution is 2.30. The predicted molar refractivity (Wildman–Crippen MR) is 107 cm³/mol. The third kappa shape index (κ3) is 6.20. The van der Waals surface area contributed by atoms with Crippen molar-refractivity contribution in [3.63, 3.8) is 0 Å². The zero-order chi connectivity index (χ0) is 20.9. The number of likely N-dealkylation sites (N-methyl/N-ethyl adjacent to an activating group) is 1. The number of anilines is 4. The first-order valence-electron chi connectivity index (χ1n) is 9.36. The van der Waals surface area contributed by atoms with Gasteiger partial charge in [0.15, 0.2) is 5.69 Å². The molecule has 0 radical (unpaired) electrons. The minimum Gasteiger partial charge on any atom is -0.378 e. The number of alkyl halides is 3. The number of hydrogen-bond acceptors (Lipinski definition) is 7. The Kier molecular flexibility index (Phi) is 6.75. The van der Waals surface area contributed by atoms with Crippen molar-refractivity contribution in [3.05, 3.63) is 36.0 Å². The molecule has 0 saturated carbocycles. The summed E-state index contributed by atoms with van der Waals surface area (Å²) in [7, 11) is 3.75. The summed E-state index contributed by atoms with van der Waals surface area (Å²) in [6.07, 6.45) is -4.56. The number of aromatic nitrogens is 2. The SMILES string of the molecule is CN(C)CCNc1nc(Nc2ccc(N3CCOCC3)cc2)cc(C(F)(F)F)n1. The van der Waals surface area contributed by atoms with Crippen LogP contribution in [-0.2, 0) is 10.9 Å². The van der Waals surface area contributed by atoms with Gasteiger partial charge in [0, 0.05) is 43.6 Å². The van der Waals surface area contributed by atoms with Crippen LogP contribution in [0.15, 0.2) is 30.3 Å². The summed E-state index contributed by atoms with van der Waals surface area (Å²) < 4.78 is 45.0. The Morgan fingerprint density at radius 2 is 1.79 bits per heavy atom. The maximum Gasteiger partial charge on any atom is 0.433 e. The quantitative estimate of drug-likeness (QED) is 0.727. The van der Waals surface area contributed by atoms with E-state index in [1.165, 1.54) is 0 Å². The lowest BCUT2D eigenvalue weighted by Gasteiger charge is -2.28. The Morgan fingerprint density at radius 1 is 1.10 bits per heavy atom. The summed E-state index contributed by atoms with van der Waals surface area (Å²) in [5.74, 6) is 0.0212. The first-order valence-corrected chi connectivity index (χ1v) is 9.36.